The summed E-state index contributed by atoms with van der Waals surface area (Å²) in [5.41, 5.74) is 2.54. The topological polar surface area (TPSA) is 132 Å². The van der Waals surface area contributed by atoms with Gasteiger partial charge in [0.05, 0.1) is 59.0 Å². The molecule has 0 saturated heterocycles. The first kappa shape index (κ1) is 40.9. The highest BCUT2D eigenvalue weighted by Gasteiger charge is 2.22. The first-order valence-electron chi connectivity index (χ1n) is 19.1. The van der Waals surface area contributed by atoms with Gasteiger partial charge >= 0.3 is 5.97 Å². The highest BCUT2D eigenvalue weighted by Crippen LogP contribution is 2.33. The van der Waals surface area contributed by atoms with Crippen LogP contribution < -0.4 is 11.1 Å². The number of carbonyl (C=O) groups is 1. The van der Waals surface area contributed by atoms with Gasteiger partial charge in [-0.1, -0.05) is 24.3 Å². The number of rotatable bonds is 7. The normalized spacial score (nSPS) is 11.5. The Kier molecular flexibility index (Phi) is 10.4. The molecule has 0 spiro atoms. The molecule has 17 heteroatoms. The molecule has 12 nitrogen and oxygen atoms in total. The minimum Gasteiger partial charge on any atom is -0.465 e. The molecule has 0 unspecified atom stereocenters. The van der Waals surface area contributed by atoms with Crippen molar-refractivity contribution in [3.8, 4) is 22.3 Å². The van der Waals surface area contributed by atoms with Crippen LogP contribution in [0.3, 0.4) is 0 Å². The average Bonchev–Trinajstić information content (AvgIpc) is 4.09. The van der Waals surface area contributed by atoms with Gasteiger partial charge in [-0.05, 0) is 86.7 Å². The lowest BCUT2D eigenvalue weighted by Crippen LogP contribution is -2.23. The summed E-state index contributed by atoms with van der Waals surface area (Å²) in [7, 11) is 4.75. The van der Waals surface area contributed by atoms with E-state index in [4.69, 9.17) is 13.6 Å². The van der Waals surface area contributed by atoms with Crippen molar-refractivity contribution >= 4 is 65.6 Å². The van der Waals surface area contributed by atoms with Crippen molar-refractivity contribution in [1.82, 2.24) is 28.7 Å². The lowest BCUT2D eigenvalue weighted by molar-refractivity contribution is 0.0600. The van der Waals surface area contributed by atoms with Crippen molar-refractivity contribution in [2.24, 2.45) is 14.1 Å². The number of benzene rings is 4. The molecule has 0 N–H and O–H groups in total. The van der Waals surface area contributed by atoms with E-state index in [1.165, 1.54) is 73.0 Å². The first-order chi connectivity index (χ1) is 30.3. The number of pyridine rings is 2. The van der Waals surface area contributed by atoms with Crippen LogP contribution in [0.15, 0.2) is 133 Å². The maximum absolute atomic E-state index is 15.1. The van der Waals surface area contributed by atoms with E-state index in [9.17, 15) is 23.2 Å². The number of hydrogen-bond acceptors (Lipinski definition) is 8. The third-order valence-corrected chi connectivity index (χ3v) is 11.2. The van der Waals surface area contributed by atoms with Crippen molar-refractivity contribution < 1.29 is 35.9 Å². The molecule has 0 saturated carbocycles. The van der Waals surface area contributed by atoms with Gasteiger partial charge in [0.2, 0.25) is 0 Å². The van der Waals surface area contributed by atoms with Crippen LogP contribution in [0, 0.1) is 23.3 Å². The van der Waals surface area contributed by atoms with Gasteiger partial charge < -0.3 is 22.7 Å². The van der Waals surface area contributed by atoms with Crippen molar-refractivity contribution in [3.63, 3.8) is 0 Å². The number of halogens is 5. The van der Waals surface area contributed by atoms with Gasteiger partial charge in [0, 0.05) is 60.8 Å². The molecule has 316 valence electrons. The zero-order valence-corrected chi connectivity index (χ0v) is 34.9. The summed E-state index contributed by atoms with van der Waals surface area (Å²) >= 11 is 3.33. The number of aryl methyl sites for hydroxylation is 2. The van der Waals surface area contributed by atoms with Crippen LogP contribution in [0.1, 0.15) is 21.5 Å². The molecular weight excluding hydrogens is 888 g/mol. The molecule has 0 aliphatic rings. The molecule has 0 radical (unpaired) electrons. The van der Waals surface area contributed by atoms with Gasteiger partial charge in [0.25, 0.3) is 11.1 Å². The Hall–Kier alpha value is -7.53. The van der Waals surface area contributed by atoms with E-state index in [2.05, 4.69) is 26.1 Å². The minimum atomic E-state index is -0.815. The van der Waals surface area contributed by atoms with Crippen LogP contribution in [-0.2, 0) is 31.9 Å². The Morgan fingerprint density at radius 1 is 0.635 bits per heavy atom. The molecule has 0 atom stereocenters. The Labute approximate surface area is 360 Å². The summed E-state index contributed by atoms with van der Waals surface area (Å²) in [6.45, 7) is -0.660. The maximum Gasteiger partial charge on any atom is 0.343 e. The summed E-state index contributed by atoms with van der Waals surface area (Å²) in [6, 6.07) is 18.7. The molecule has 10 rings (SSSR count). The number of ether oxygens (including phenoxy) is 1. The minimum absolute atomic E-state index is 0.0159. The van der Waals surface area contributed by atoms with Crippen molar-refractivity contribution in [2.45, 2.75) is 13.1 Å². The number of esters is 1. The molecule has 6 aromatic heterocycles. The Balaban J connectivity index is 0.000000161. The molecular formula is C46H31BrF4N6O6. The maximum atomic E-state index is 15.1. The van der Waals surface area contributed by atoms with Gasteiger partial charge in [-0.3, -0.25) is 19.0 Å². The molecule has 6 heterocycles. The van der Waals surface area contributed by atoms with Gasteiger partial charge in [-0.25, -0.2) is 22.4 Å². The lowest BCUT2D eigenvalue weighted by atomic mass is 9.99. The van der Waals surface area contributed by atoms with Crippen molar-refractivity contribution in [3.05, 3.63) is 175 Å². The molecule has 63 heavy (non-hydrogen) atoms. The smallest absolute Gasteiger partial charge is 0.343 e. The Morgan fingerprint density at radius 3 is 1.56 bits per heavy atom. The van der Waals surface area contributed by atoms with E-state index in [-0.39, 0.29) is 39.8 Å². The van der Waals surface area contributed by atoms with Crippen molar-refractivity contribution in [2.75, 3.05) is 7.11 Å². The number of nitrogens with zero attached hydrogens (tertiary/aromatic N) is 6. The third kappa shape index (κ3) is 7.39. The molecule has 0 bridgehead atoms. The van der Waals surface area contributed by atoms with E-state index >= 15 is 8.78 Å². The fourth-order valence-electron chi connectivity index (χ4n) is 7.66. The largest absolute Gasteiger partial charge is 0.465 e. The van der Waals surface area contributed by atoms with Crippen molar-refractivity contribution in [1.29, 1.82) is 0 Å². The molecule has 0 aliphatic carbocycles. The third-order valence-electron chi connectivity index (χ3n) is 10.6. The fraction of sp³-hybridized carbons (Fsp3) is 0.109. The van der Waals surface area contributed by atoms with E-state index < -0.39 is 41.3 Å². The second kappa shape index (κ2) is 16.1. The van der Waals surface area contributed by atoms with E-state index in [1.807, 2.05) is 18.3 Å². The zero-order valence-electron chi connectivity index (χ0n) is 33.3. The van der Waals surface area contributed by atoms with Crippen LogP contribution in [0.5, 0.6) is 0 Å². The van der Waals surface area contributed by atoms with Crippen LogP contribution >= 0.6 is 15.9 Å². The summed E-state index contributed by atoms with van der Waals surface area (Å²) in [5.74, 6) is -3.80. The highest BCUT2D eigenvalue weighted by atomic mass is 79.9. The van der Waals surface area contributed by atoms with Gasteiger partial charge in [-0.2, -0.15) is 10.2 Å². The monoisotopic (exact) mass is 918 g/mol. The second-order valence-electron chi connectivity index (χ2n) is 14.6. The molecule has 0 amide bonds. The van der Waals surface area contributed by atoms with E-state index in [0.717, 1.165) is 20.9 Å². The van der Waals surface area contributed by atoms with E-state index in [1.54, 1.807) is 53.9 Å². The standard InChI is InChI=1S/C24H17F2N3O4.C22H14BrF2N3O2/c1-28-10-16-14(4-3-5-21(16)27-28)13-8-19(25)17(20(26)9-13)11-29-12-18(24(31)32-2)22-15(23(29)30)6-7-33-22;1-27-9-15-13(3-2-4-20(15)26-27)12-7-18(24)16(19(25)8-12)10-28-11-17(23)21-14(22(28)29)5-6-30-21/h3-10,12H,11H2,1-2H3;2-9,11H,10H2,1H3. The predicted molar refractivity (Wildman–Crippen MR) is 230 cm³/mol. The predicted octanol–water partition coefficient (Wildman–Crippen LogP) is 9.50. The van der Waals surface area contributed by atoms with Crippen LogP contribution in [-0.4, -0.2) is 41.8 Å². The summed E-state index contributed by atoms with van der Waals surface area (Å²) in [4.78, 5) is 37.6. The number of methoxy groups -OCH3 is 1. The Bertz CT molecular complexity index is 3540. The van der Waals surface area contributed by atoms with Gasteiger partial charge in [0.15, 0.2) is 11.2 Å². The number of hydrogen-bond donors (Lipinski definition) is 0. The number of fused-ring (bicyclic) bond motifs is 4. The summed E-state index contributed by atoms with van der Waals surface area (Å²) in [6.07, 6.45) is 8.91. The van der Waals surface area contributed by atoms with E-state index in [0.29, 0.717) is 43.2 Å². The molecule has 0 aliphatic heterocycles. The van der Waals surface area contributed by atoms with Gasteiger partial charge in [-0.15, -0.1) is 0 Å². The highest BCUT2D eigenvalue weighted by molar-refractivity contribution is 9.10. The fourth-order valence-corrected chi connectivity index (χ4v) is 8.22. The molecule has 0 fully saturated rings. The first-order valence-corrected chi connectivity index (χ1v) is 19.8. The van der Waals surface area contributed by atoms with Crippen LogP contribution in [0.4, 0.5) is 17.6 Å². The average molecular weight is 920 g/mol. The summed E-state index contributed by atoms with van der Waals surface area (Å²) < 4.78 is 81.5. The van der Waals surface area contributed by atoms with Gasteiger partial charge in [0.1, 0.15) is 28.8 Å². The SMILES string of the molecule is COC(=O)c1cn(Cc2c(F)cc(-c3cccc4nn(C)cc34)cc2F)c(=O)c2ccoc12.Cn1cc2c(-c3cc(F)c(Cn4cc(Br)c5occc5c4=O)c(F)c3)cccc2n1. The Morgan fingerprint density at radius 2 is 1.08 bits per heavy atom. The molecule has 4 aromatic carbocycles. The number of carbonyl (C=O) groups excluding carboxylic acids is 1. The lowest BCUT2D eigenvalue weighted by Gasteiger charge is -2.12. The van der Waals surface area contributed by atoms with Crippen LogP contribution in [0.25, 0.3) is 66.0 Å². The number of aromatic nitrogens is 6. The molecule has 10 aromatic rings. The quantitative estimate of drug-likeness (QED) is 0.114. The van der Waals surface area contributed by atoms with Crippen LogP contribution in [0.2, 0.25) is 0 Å². The summed E-state index contributed by atoms with van der Waals surface area (Å²) in [5, 5.41) is 10.7. The number of furan rings is 2. The zero-order chi connectivity index (χ0) is 44.3. The second-order valence-corrected chi connectivity index (χ2v) is 15.5.